The number of aromatic nitrogens is 5. The highest BCUT2D eigenvalue weighted by molar-refractivity contribution is 9.10. The van der Waals surface area contributed by atoms with Gasteiger partial charge in [0.2, 0.25) is 0 Å². The van der Waals surface area contributed by atoms with Gasteiger partial charge in [-0.15, -0.1) is 0 Å². The molecule has 0 aliphatic rings. The van der Waals surface area contributed by atoms with Crippen LogP contribution in [-0.4, -0.2) is 24.9 Å². The van der Waals surface area contributed by atoms with E-state index in [1.54, 1.807) is 12.4 Å². The van der Waals surface area contributed by atoms with Gasteiger partial charge in [0.1, 0.15) is 0 Å². The molecule has 0 N–H and O–H groups in total. The Kier molecular flexibility index (Phi) is 7.34. The van der Waals surface area contributed by atoms with Gasteiger partial charge in [0.15, 0.2) is 17.5 Å². The lowest BCUT2D eigenvalue weighted by Crippen LogP contribution is -2.00. The van der Waals surface area contributed by atoms with Gasteiger partial charge < -0.3 is 0 Å². The number of halogens is 1. The van der Waals surface area contributed by atoms with Crippen molar-refractivity contribution in [3.8, 4) is 67.5 Å². The average Bonchev–Trinajstić information content (AvgIpc) is 3.09. The van der Waals surface area contributed by atoms with Gasteiger partial charge in [-0.3, -0.25) is 9.97 Å². The van der Waals surface area contributed by atoms with E-state index >= 15 is 0 Å². The Labute approximate surface area is 258 Å². The fourth-order valence-electron chi connectivity index (χ4n) is 4.97. The van der Waals surface area contributed by atoms with E-state index in [9.17, 15) is 0 Å². The van der Waals surface area contributed by atoms with Crippen LogP contribution in [0.2, 0.25) is 0 Å². The number of hydrogen-bond donors (Lipinski definition) is 0. The third kappa shape index (κ3) is 5.87. The molecule has 0 spiro atoms. The Bertz CT molecular complexity index is 1900. The summed E-state index contributed by atoms with van der Waals surface area (Å²) in [5.41, 5.74) is 9.18. The zero-order chi connectivity index (χ0) is 29.0. The highest BCUT2D eigenvalue weighted by Gasteiger charge is 2.14. The van der Waals surface area contributed by atoms with Crippen molar-refractivity contribution < 1.29 is 0 Å². The summed E-state index contributed by atoms with van der Waals surface area (Å²) in [6.07, 6.45) is 7.27. The van der Waals surface area contributed by atoms with Crippen LogP contribution >= 0.6 is 15.9 Å². The fraction of sp³-hybridized carbons (Fsp3) is 0. The number of nitrogens with zero attached hydrogens (tertiary/aromatic N) is 5. The minimum Gasteiger partial charge on any atom is -0.264 e. The fourth-order valence-corrected chi connectivity index (χ4v) is 5.46. The van der Waals surface area contributed by atoms with Crippen LogP contribution in [0.15, 0.2) is 151 Å². The van der Waals surface area contributed by atoms with Gasteiger partial charge in [-0.2, -0.15) is 0 Å². The van der Waals surface area contributed by atoms with Crippen molar-refractivity contribution in [3.63, 3.8) is 0 Å². The normalized spacial score (nSPS) is 10.9. The first-order valence-corrected chi connectivity index (χ1v) is 14.6. The Hall–Kier alpha value is -5.33. The molecule has 0 amide bonds. The first kappa shape index (κ1) is 26.6. The van der Waals surface area contributed by atoms with Crippen molar-refractivity contribution in [2.45, 2.75) is 0 Å². The summed E-state index contributed by atoms with van der Waals surface area (Å²) in [6.45, 7) is 0. The molecule has 0 unspecified atom stereocenters. The van der Waals surface area contributed by atoms with Crippen molar-refractivity contribution in [2.24, 2.45) is 0 Å². The second-order valence-electron chi connectivity index (χ2n) is 10.0. The summed E-state index contributed by atoms with van der Waals surface area (Å²) in [7, 11) is 0. The number of benzene rings is 4. The summed E-state index contributed by atoms with van der Waals surface area (Å²) >= 11 is 3.70. The lowest BCUT2D eigenvalue weighted by molar-refractivity contribution is 1.07. The molecule has 5 nitrogen and oxygen atoms in total. The quantitative estimate of drug-likeness (QED) is 0.186. The maximum atomic E-state index is 4.98. The van der Waals surface area contributed by atoms with Crippen LogP contribution in [0, 0.1) is 0 Å². The summed E-state index contributed by atoms with van der Waals surface area (Å²) in [5.74, 6) is 1.81. The molecule has 0 atom stereocenters. The van der Waals surface area contributed by atoms with Crippen molar-refractivity contribution in [2.75, 3.05) is 0 Å². The highest BCUT2D eigenvalue weighted by atomic mass is 79.9. The van der Waals surface area contributed by atoms with Gasteiger partial charge in [-0.25, -0.2) is 15.0 Å². The standard InChI is InChI=1S/C37H24BrN5/c38-34-21-32(31-9-5-19-40-24-31)20-33(22-34)37-42-35(28-14-10-26(11-15-28)25-6-2-1-3-7-25)41-36(43-37)29-16-12-27(13-17-29)30-8-4-18-39-23-30/h1-24H. The number of rotatable bonds is 6. The van der Waals surface area contributed by atoms with Crippen LogP contribution in [0.4, 0.5) is 0 Å². The molecule has 7 rings (SSSR count). The molecule has 0 fully saturated rings. The number of pyridine rings is 2. The van der Waals surface area contributed by atoms with Crippen molar-refractivity contribution in [1.29, 1.82) is 0 Å². The third-order valence-corrected chi connectivity index (χ3v) is 7.63. The van der Waals surface area contributed by atoms with E-state index in [0.717, 1.165) is 54.5 Å². The maximum Gasteiger partial charge on any atom is 0.164 e. The van der Waals surface area contributed by atoms with Gasteiger partial charge in [-0.05, 0) is 58.1 Å². The maximum absolute atomic E-state index is 4.98. The van der Waals surface area contributed by atoms with Gasteiger partial charge in [0.25, 0.3) is 0 Å². The van der Waals surface area contributed by atoms with E-state index in [0.29, 0.717) is 17.5 Å². The van der Waals surface area contributed by atoms with Crippen LogP contribution in [0.25, 0.3) is 67.5 Å². The predicted octanol–water partition coefficient (Wildman–Crippen LogP) is 9.43. The van der Waals surface area contributed by atoms with E-state index < -0.39 is 0 Å². The summed E-state index contributed by atoms with van der Waals surface area (Å²) in [5, 5.41) is 0. The minimum atomic E-state index is 0.593. The van der Waals surface area contributed by atoms with Crippen molar-refractivity contribution in [1.82, 2.24) is 24.9 Å². The lowest BCUT2D eigenvalue weighted by atomic mass is 10.0. The predicted molar refractivity (Wildman–Crippen MR) is 176 cm³/mol. The van der Waals surface area contributed by atoms with Crippen LogP contribution in [0.1, 0.15) is 0 Å². The summed E-state index contributed by atoms with van der Waals surface area (Å²) in [4.78, 5) is 23.4. The SMILES string of the molecule is Brc1cc(-c2cccnc2)cc(-c2nc(-c3ccc(-c4ccccc4)cc3)nc(-c3ccc(-c4cccnc4)cc3)n2)c1. The van der Waals surface area contributed by atoms with E-state index in [4.69, 9.17) is 15.0 Å². The lowest BCUT2D eigenvalue weighted by Gasteiger charge is -2.11. The molecule has 3 aromatic heterocycles. The summed E-state index contributed by atoms with van der Waals surface area (Å²) < 4.78 is 0.931. The molecule has 0 saturated heterocycles. The van der Waals surface area contributed by atoms with Gasteiger partial charge >= 0.3 is 0 Å². The second-order valence-corrected chi connectivity index (χ2v) is 11.0. The van der Waals surface area contributed by atoms with Crippen molar-refractivity contribution in [3.05, 3.63) is 151 Å². The molecule has 3 heterocycles. The van der Waals surface area contributed by atoms with E-state index in [1.165, 1.54) is 0 Å². The average molecular weight is 619 g/mol. The zero-order valence-corrected chi connectivity index (χ0v) is 24.6. The molecule has 0 radical (unpaired) electrons. The van der Waals surface area contributed by atoms with Crippen LogP contribution in [-0.2, 0) is 0 Å². The van der Waals surface area contributed by atoms with Crippen LogP contribution in [0.5, 0.6) is 0 Å². The molecule has 0 aliphatic carbocycles. The Morgan fingerprint density at radius 3 is 1.30 bits per heavy atom. The molecular formula is C37H24BrN5. The van der Waals surface area contributed by atoms with Gasteiger partial charge in [-0.1, -0.05) is 107 Å². The van der Waals surface area contributed by atoms with Crippen molar-refractivity contribution >= 4 is 15.9 Å². The highest BCUT2D eigenvalue weighted by Crippen LogP contribution is 2.32. The van der Waals surface area contributed by atoms with Crippen LogP contribution < -0.4 is 0 Å². The van der Waals surface area contributed by atoms with E-state index in [2.05, 4.69) is 86.6 Å². The second kappa shape index (κ2) is 11.9. The Morgan fingerprint density at radius 2 is 0.767 bits per heavy atom. The van der Waals surface area contributed by atoms with E-state index in [1.807, 2.05) is 73.1 Å². The molecule has 7 aromatic rings. The number of hydrogen-bond acceptors (Lipinski definition) is 5. The molecule has 0 bridgehead atoms. The molecule has 0 saturated carbocycles. The first-order valence-electron chi connectivity index (χ1n) is 13.8. The minimum absolute atomic E-state index is 0.593. The third-order valence-electron chi connectivity index (χ3n) is 7.17. The van der Waals surface area contributed by atoms with Crippen LogP contribution in [0.3, 0.4) is 0 Å². The zero-order valence-electron chi connectivity index (χ0n) is 23.0. The topological polar surface area (TPSA) is 64.5 Å². The summed E-state index contributed by atoms with van der Waals surface area (Å²) in [6, 6.07) is 41.1. The molecule has 0 aliphatic heterocycles. The van der Waals surface area contributed by atoms with Gasteiger partial charge in [0, 0.05) is 51.5 Å². The van der Waals surface area contributed by atoms with Gasteiger partial charge in [0.05, 0.1) is 0 Å². The monoisotopic (exact) mass is 617 g/mol. The smallest absolute Gasteiger partial charge is 0.164 e. The first-order chi connectivity index (χ1) is 21.2. The largest absolute Gasteiger partial charge is 0.264 e. The molecule has 4 aromatic carbocycles. The van der Waals surface area contributed by atoms with E-state index in [-0.39, 0.29) is 0 Å². The Morgan fingerprint density at radius 1 is 0.349 bits per heavy atom. The Balaban J connectivity index is 1.34. The molecule has 43 heavy (non-hydrogen) atoms. The molecular weight excluding hydrogens is 594 g/mol. The molecule has 6 heteroatoms. The molecule has 204 valence electrons.